The Bertz CT molecular complexity index is 1110. The van der Waals surface area contributed by atoms with E-state index >= 15 is 0 Å². The molecule has 3 heteroatoms. The van der Waals surface area contributed by atoms with Crippen molar-refractivity contribution in [2.45, 2.75) is 6.04 Å². The molecule has 0 amide bonds. The summed E-state index contributed by atoms with van der Waals surface area (Å²) in [5.74, 6) is 1.000. The van der Waals surface area contributed by atoms with Gasteiger partial charge in [0.2, 0.25) is 0 Å². The van der Waals surface area contributed by atoms with Crippen LogP contribution < -0.4 is 0 Å². The second-order valence-electron chi connectivity index (χ2n) is 6.43. The average molecular weight is 336 g/mol. The summed E-state index contributed by atoms with van der Waals surface area (Å²) in [5, 5.41) is 0. The Morgan fingerprint density at radius 3 is 2.35 bits per heavy atom. The second kappa shape index (κ2) is 5.81. The van der Waals surface area contributed by atoms with E-state index in [0.29, 0.717) is 5.56 Å². The number of ketones is 1. The van der Waals surface area contributed by atoms with E-state index in [1.54, 1.807) is 0 Å². The summed E-state index contributed by atoms with van der Waals surface area (Å²) < 4.78 is 2.15. The van der Waals surface area contributed by atoms with Gasteiger partial charge in [-0.05, 0) is 11.1 Å². The van der Waals surface area contributed by atoms with Crippen molar-refractivity contribution in [1.29, 1.82) is 0 Å². The lowest BCUT2D eigenvalue weighted by Gasteiger charge is -2.18. The molecule has 2 heterocycles. The lowest BCUT2D eigenvalue weighted by molar-refractivity contribution is 0.103. The minimum absolute atomic E-state index is 0.0347. The molecule has 0 aliphatic carbocycles. The normalized spacial score (nSPS) is 14.7. The van der Waals surface area contributed by atoms with Gasteiger partial charge in [-0.15, -0.1) is 0 Å². The van der Waals surface area contributed by atoms with E-state index in [1.807, 2.05) is 79.1 Å². The van der Waals surface area contributed by atoms with Gasteiger partial charge in [-0.1, -0.05) is 78.9 Å². The summed E-state index contributed by atoms with van der Waals surface area (Å²) in [7, 11) is 0. The van der Waals surface area contributed by atoms with Crippen molar-refractivity contribution < 1.29 is 4.79 Å². The number of hydrogen-bond acceptors (Lipinski definition) is 2. The van der Waals surface area contributed by atoms with Crippen molar-refractivity contribution in [3.63, 3.8) is 0 Å². The molecule has 0 N–H and O–H groups in total. The van der Waals surface area contributed by atoms with Crippen LogP contribution in [0.4, 0.5) is 0 Å². The molecular formula is C23H16N2O. The average Bonchev–Trinajstić information content (AvgIpc) is 3.29. The molecular weight excluding hydrogens is 320 g/mol. The van der Waals surface area contributed by atoms with Gasteiger partial charge in [0.25, 0.3) is 0 Å². The van der Waals surface area contributed by atoms with Crippen molar-refractivity contribution in [1.82, 2.24) is 9.55 Å². The molecule has 1 aliphatic heterocycles. The van der Waals surface area contributed by atoms with Crippen LogP contribution in [0.25, 0.3) is 11.4 Å². The van der Waals surface area contributed by atoms with E-state index in [0.717, 1.165) is 22.5 Å². The molecule has 3 nitrogen and oxygen atoms in total. The molecule has 26 heavy (non-hydrogen) atoms. The summed E-state index contributed by atoms with van der Waals surface area (Å²) >= 11 is 0. The Kier molecular flexibility index (Phi) is 3.32. The van der Waals surface area contributed by atoms with Crippen molar-refractivity contribution >= 4 is 5.78 Å². The first-order valence-corrected chi connectivity index (χ1v) is 8.65. The van der Waals surface area contributed by atoms with Crippen LogP contribution in [0.5, 0.6) is 0 Å². The molecule has 3 aromatic carbocycles. The Hall–Kier alpha value is -3.46. The number of imidazole rings is 1. The predicted octanol–water partition coefficient (Wildman–Crippen LogP) is 4.73. The number of aromatic nitrogens is 2. The zero-order valence-corrected chi connectivity index (χ0v) is 14.0. The quantitative estimate of drug-likeness (QED) is 0.446. The van der Waals surface area contributed by atoms with E-state index in [9.17, 15) is 4.79 Å². The molecule has 124 valence electrons. The van der Waals surface area contributed by atoms with Crippen LogP contribution in [0.3, 0.4) is 0 Å². The number of carbonyl (C=O) groups excluding carboxylic acids is 1. The van der Waals surface area contributed by atoms with Gasteiger partial charge in [-0.3, -0.25) is 4.79 Å². The fraction of sp³-hybridized carbons (Fsp3) is 0.0435. The summed E-state index contributed by atoms with van der Waals surface area (Å²) in [6.45, 7) is 0. The summed E-state index contributed by atoms with van der Waals surface area (Å²) in [6.07, 6.45) is 3.81. The SMILES string of the molecule is O=C(c1ccccc1)c1ccccc1C1c2ccccc2-c2nccn21. The zero-order chi connectivity index (χ0) is 17.5. The summed E-state index contributed by atoms with van der Waals surface area (Å²) in [5.41, 5.74) is 4.76. The fourth-order valence-electron chi connectivity index (χ4n) is 3.82. The van der Waals surface area contributed by atoms with Crippen molar-refractivity contribution in [2.75, 3.05) is 0 Å². The third-order valence-corrected chi connectivity index (χ3v) is 4.98. The highest BCUT2D eigenvalue weighted by atomic mass is 16.1. The smallest absolute Gasteiger partial charge is 0.193 e. The maximum Gasteiger partial charge on any atom is 0.193 e. The Morgan fingerprint density at radius 2 is 1.50 bits per heavy atom. The number of rotatable bonds is 3. The van der Waals surface area contributed by atoms with Crippen molar-refractivity contribution in [3.05, 3.63) is 114 Å². The molecule has 4 aromatic rings. The number of carbonyl (C=O) groups is 1. The van der Waals surface area contributed by atoms with Crippen LogP contribution in [-0.2, 0) is 0 Å². The monoisotopic (exact) mass is 336 g/mol. The van der Waals surface area contributed by atoms with Gasteiger partial charge in [0, 0.05) is 29.1 Å². The Labute approximate surface area is 151 Å². The van der Waals surface area contributed by atoms with Crippen LogP contribution in [-0.4, -0.2) is 15.3 Å². The Morgan fingerprint density at radius 1 is 0.808 bits per heavy atom. The van der Waals surface area contributed by atoms with Gasteiger partial charge < -0.3 is 4.57 Å². The van der Waals surface area contributed by atoms with Crippen LogP contribution in [0, 0.1) is 0 Å². The van der Waals surface area contributed by atoms with Crippen LogP contribution in [0.15, 0.2) is 91.3 Å². The third kappa shape index (κ3) is 2.14. The van der Waals surface area contributed by atoms with Crippen LogP contribution in [0.2, 0.25) is 0 Å². The van der Waals surface area contributed by atoms with Crippen molar-refractivity contribution in [2.24, 2.45) is 0 Å². The van der Waals surface area contributed by atoms with Crippen molar-refractivity contribution in [3.8, 4) is 11.4 Å². The van der Waals surface area contributed by atoms with Gasteiger partial charge in [0.05, 0.1) is 6.04 Å². The van der Waals surface area contributed by atoms with Gasteiger partial charge in [-0.2, -0.15) is 0 Å². The molecule has 1 aromatic heterocycles. The molecule has 1 unspecified atom stereocenters. The van der Waals surface area contributed by atoms with E-state index in [1.165, 1.54) is 5.56 Å². The molecule has 0 fully saturated rings. The molecule has 0 saturated carbocycles. The minimum Gasteiger partial charge on any atom is -0.319 e. The summed E-state index contributed by atoms with van der Waals surface area (Å²) in [6, 6.07) is 25.6. The first-order chi connectivity index (χ1) is 12.8. The maximum absolute atomic E-state index is 13.2. The van der Waals surface area contributed by atoms with Crippen LogP contribution >= 0.6 is 0 Å². The molecule has 1 atom stereocenters. The molecule has 0 radical (unpaired) electrons. The molecule has 1 aliphatic rings. The maximum atomic E-state index is 13.2. The number of benzene rings is 3. The lowest BCUT2D eigenvalue weighted by atomic mass is 9.90. The zero-order valence-electron chi connectivity index (χ0n) is 14.0. The highest BCUT2D eigenvalue weighted by Gasteiger charge is 2.32. The highest BCUT2D eigenvalue weighted by molar-refractivity contribution is 6.10. The molecule has 0 spiro atoms. The fourth-order valence-corrected chi connectivity index (χ4v) is 3.82. The van der Waals surface area contributed by atoms with Crippen LogP contribution in [0.1, 0.15) is 33.1 Å². The standard InChI is InChI=1S/C23H16N2O/c26-22(16-8-2-1-3-9-16)19-12-6-4-10-17(19)21-18-11-5-7-13-20(18)23-24-14-15-25(21)23/h1-15,21H. The first-order valence-electron chi connectivity index (χ1n) is 8.65. The van der Waals surface area contributed by atoms with Gasteiger partial charge in [-0.25, -0.2) is 4.98 Å². The predicted molar refractivity (Wildman–Crippen MR) is 101 cm³/mol. The Balaban J connectivity index is 1.70. The number of nitrogens with zero attached hydrogens (tertiary/aromatic N) is 2. The topological polar surface area (TPSA) is 34.9 Å². The minimum atomic E-state index is -0.0347. The molecule has 5 rings (SSSR count). The number of fused-ring (bicyclic) bond motifs is 3. The van der Waals surface area contributed by atoms with E-state index in [4.69, 9.17) is 0 Å². The third-order valence-electron chi connectivity index (χ3n) is 4.98. The lowest BCUT2D eigenvalue weighted by Crippen LogP contribution is -2.13. The van der Waals surface area contributed by atoms with E-state index in [2.05, 4.69) is 21.7 Å². The highest BCUT2D eigenvalue weighted by Crippen LogP contribution is 2.42. The number of hydrogen-bond donors (Lipinski definition) is 0. The largest absolute Gasteiger partial charge is 0.319 e. The van der Waals surface area contributed by atoms with E-state index in [-0.39, 0.29) is 11.8 Å². The van der Waals surface area contributed by atoms with Gasteiger partial charge in [0.1, 0.15) is 5.82 Å². The second-order valence-corrected chi connectivity index (χ2v) is 6.43. The van der Waals surface area contributed by atoms with Gasteiger partial charge >= 0.3 is 0 Å². The van der Waals surface area contributed by atoms with Gasteiger partial charge in [0.15, 0.2) is 5.78 Å². The first kappa shape index (κ1) is 14.8. The van der Waals surface area contributed by atoms with E-state index < -0.39 is 0 Å². The molecule has 0 saturated heterocycles. The molecule has 0 bridgehead atoms. The summed E-state index contributed by atoms with van der Waals surface area (Å²) in [4.78, 5) is 17.7.